The molecule has 0 bridgehead atoms. The standard InChI is InChI=1S/C12H16N2O3/c1-17-9-2-7(5-13)10-4-11(12(15)16)14-6-8(10)3-9/h2-3,11,14H,4-6,13H2,1H3,(H,15,16). The Balaban J connectivity index is 2.39. The Bertz CT molecular complexity index is 428. The number of methoxy groups -OCH3 is 1. The fourth-order valence-corrected chi connectivity index (χ4v) is 2.17. The molecule has 2 rings (SSSR count). The van der Waals surface area contributed by atoms with Crippen LogP contribution in [-0.4, -0.2) is 24.2 Å². The predicted octanol–water partition coefficient (Wildman–Crippen LogP) is 0.253. The molecule has 1 heterocycles. The molecule has 1 atom stereocenters. The number of nitrogens with two attached hydrogens (primary N) is 1. The molecule has 0 amide bonds. The smallest absolute Gasteiger partial charge is 0.321 e. The molecule has 0 fully saturated rings. The quantitative estimate of drug-likeness (QED) is 0.700. The summed E-state index contributed by atoms with van der Waals surface area (Å²) in [5.41, 5.74) is 8.77. The predicted molar refractivity (Wildman–Crippen MR) is 62.9 cm³/mol. The Morgan fingerprint density at radius 1 is 1.65 bits per heavy atom. The number of benzene rings is 1. The molecule has 0 aromatic heterocycles. The van der Waals surface area contributed by atoms with Gasteiger partial charge >= 0.3 is 5.97 Å². The van der Waals surface area contributed by atoms with Gasteiger partial charge in [-0.25, -0.2) is 0 Å². The van der Waals surface area contributed by atoms with Gasteiger partial charge in [0, 0.05) is 13.1 Å². The molecule has 1 aliphatic heterocycles. The maximum atomic E-state index is 11.0. The molecule has 4 N–H and O–H groups in total. The zero-order valence-electron chi connectivity index (χ0n) is 9.69. The van der Waals surface area contributed by atoms with Crippen LogP contribution >= 0.6 is 0 Å². The molecule has 1 aliphatic rings. The summed E-state index contributed by atoms with van der Waals surface area (Å²) in [4.78, 5) is 11.0. The van der Waals surface area contributed by atoms with Crippen LogP contribution in [-0.2, 0) is 24.3 Å². The minimum atomic E-state index is -0.825. The molecule has 1 unspecified atom stereocenters. The lowest BCUT2D eigenvalue weighted by molar-refractivity contribution is -0.139. The first kappa shape index (κ1) is 11.9. The highest BCUT2D eigenvalue weighted by atomic mass is 16.5. The molecular weight excluding hydrogens is 220 g/mol. The van der Waals surface area contributed by atoms with Crippen molar-refractivity contribution in [2.45, 2.75) is 25.6 Å². The van der Waals surface area contributed by atoms with E-state index >= 15 is 0 Å². The van der Waals surface area contributed by atoms with Crippen molar-refractivity contribution in [1.82, 2.24) is 5.32 Å². The molecule has 1 aromatic carbocycles. The SMILES string of the molecule is COc1cc(CN)c2c(c1)CNC(C(=O)O)C2. The molecule has 0 saturated heterocycles. The number of carboxylic acids is 1. The molecule has 0 saturated carbocycles. The summed E-state index contributed by atoms with van der Waals surface area (Å²) in [7, 11) is 1.61. The van der Waals surface area contributed by atoms with Crippen LogP contribution in [0.5, 0.6) is 5.75 Å². The number of ether oxygens (including phenoxy) is 1. The van der Waals surface area contributed by atoms with Crippen molar-refractivity contribution in [2.75, 3.05) is 7.11 Å². The summed E-state index contributed by atoms with van der Waals surface area (Å²) in [6, 6.07) is 3.28. The zero-order chi connectivity index (χ0) is 12.4. The first-order valence-electron chi connectivity index (χ1n) is 5.50. The Labute approximate surface area is 99.6 Å². The maximum absolute atomic E-state index is 11.0. The van der Waals surface area contributed by atoms with E-state index in [-0.39, 0.29) is 0 Å². The van der Waals surface area contributed by atoms with E-state index in [2.05, 4.69) is 5.32 Å². The van der Waals surface area contributed by atoms with E-state index in [1.807, 2.05) is 12.1 Å². The van der Waals surface area contributed by atoms with Crippen LogP contribution < -0.4 is 15.8 Å². The maximum Gasteiger partial charge on any atom is 0.321 e. The molecular formula is C12H16N2O3. The fraction of sp³-hybridized carbons (Fsp3) is 0.417. The van der Waals surface area contributed by atoms with Crippen molar-refractivity contribution in [1.29, 1.82) is 0 Å². The van der Waals surface area contributed by atoms with Crippen molar-refractivity contribution >= 4 is 5.97 Å². The van der Waals surface area contributed by atoms with Crippen LogP contribution in [0.1, 0.15) is 16.7 Å². The van der Waals surface area contributed by atoms with E-state index in [9.17, 15) is 4.79 Å². The molecule has 5 heteroatoms. The number of carbonyl (C=O) groups is 1. The van der Waals surface area contributed by atoms with Gasteiger partial charge < -0.3 is 20.9 Å². The van der Waals surface area contributed by atoms with Crippen LogP contribution in [0.25, 0.3) is 0 Å². The van der Waals surface area contributed by atoms with E-state index in [1.165, 1.54) is 0 Å². The number of hydrogen-bond donors (Lipinski definition) is 3. The summed E-state index contributed by atoms with van der Waals surface area (Å²) in [6.45, 7) is 0.933. The van der Waals surface area contributed by atoms with Gasteiger partial charge in [0.1, 0.15) is 11.8 Å². The first-order chi connectivity index (χ1) is 8.15. The number of rotatable bonds is 3. The minimum Gasteiger partial charge on any atom is -0.497 e. The third-order valence-corrected chi connectivity index (χ3v) is 3.11. The Morgan fingerprint density at radius 2 is 2.41 bits per heavy atom. The number of aliphatic carboxylic acids is 1. The summed E-state index contributed by atoms with van der Waals surface area (Å²) in [5, 5.41) is 12.0. The highest BCUT2D eigenvalue weighted by Gasteiger charge is 2.25. The van der Waals surface area contributed by atoms with E-state index in [4.69, 9.17) is 15.6 Å². The Morgan fingerprint density at radius 3 is 3.00 bits per heavy atom. The van der Waals surface area contributed by atoms with Crippen molar-refractivity contribution in [3.8, 4) is 5.75 Å². The number of hydrogen-bond acceptors (Lipinski definition) is 4. The number of fused-ring (bicyclic) bond motifs is 1. The monoisotopic (exact) mass is 236 g/mol. The normalized spacial score (nSPS) is 18.6. The van der Waals surface area contributed by atoms with Crippen LogP contribution in [0.15, 0.2) is 12.1 Å². The highest BCUT2D eigenvalue weighted by Crippen LogP contribution is 2.26. The lowest BCUT2D eigenvalue weighted by atomic mass is 9.91. The third kappa shape index (κ3) is 2.25. The molecule has 0 radical (unpaired) electrons. The van der Waals surface area contributed by atoms with Gasteiger partial charge in [0.15, 0.2) is 0 Å². The van der Waals surface area contributed by atoms with Gasteiger partial charge in [0.05, 0.1) is 7.11 Å². The van der Waals surface area contributed by atoms with Gasteiger partial charge in [-0.15, -0.1) is 0 Å². The Hall–Kier alpha value is -1.59. The largest absolute Gasteiger partial charge is 0.497 e. The van der Waals surface area contributed by atoms with Crippen LogP contribution in [0.2, 0.25) is 0 Å². The van der Waals surface area contributed by atoms with Gasteiger partial charge in [-0.05, 0) is 35.2 Å². The topological polar surface area (TPSA) is 84.6 Å². The average Bonchev–Trinajstić information content (AvgIpc) is 2.36. The second-order valence-corrected chi connectivity index (χ2v) is 4.10. The first-order valence-corrected chi connectivity index (χ1v) is 5.50. The minimum absolute atomic E-state index is 0.395. The highest BCUT2D eigenvalue weighted by molar-refractivity contribution is 5.74. The Kier molecular flexibility index (Phi) is 3.31. The van der Waals surface area contributed by atoms with Crippen molar-refractivity contribution in [2.24, 2.45) is 5.73 Å². The van der Waals surface area contributed by atoms with E-state index in [1.54, 1.807) is 7.11 Å². The lowest BCUT2D eigenvalue weighted by Crippen LogP contribution is -2.42. The van der Waals surface area contributed by atoms with Crippen LogP contribution in [0.3, 0.4) is 0 Å². The summed E-state index contributed by atoms with van der Waals surface area (Å²) >= 11 is 0. The molecule has 5 nitrogen and oxygen atoms in total. The summed E-state index contributed by atoms with van der Waals surface area (Å²) in [5.74, 6) is -0.0609. The lowest BCUT2D eigenvalue weighted by Gasteiger charge is -2.25. The van der Waals surface area contributed by atoms with Gasteiger partial charge in [0.2, 0.25) is 0 Å². The van der Waals surface area contributed by atoms with Gasteiger partial charge in [-0.3, -0.25) is 4.79 Å². The van der Waals surface area contributed by atoms with E-state index in [0.717, 1.165) is 22.4 Å². The molecule has 0 aliphatic carbocycles. The molecule has 17 heavy (non-hydrogen) atoms. The fourth-order valence-electron chi connectivity index (χ4n) is 2.17. The van der Waals surface area contributed by atoms with Crippen molar-refractivity contribution in [3.63, 3.8) is 0 Å². The molecule has 1 aromatic rings. The molecule has 92 valence electrons. The van der Waals surface area contributed by atoms with Gasteiger partial charge in [-0.2, -0.15) is 0 Å². The third-order valence-electron chi connectivity index (χ3n) is 3.11. The average molecular weight is 236 g/mol. The second-order valence-electron chi connectivity index (χ2n) is 4.10. The number of carboxylic acid groups (broad SMARTS) is 1. The van der Waals surface area contributed by atoms with Gasteiger partial charge in [-0.1, -0.05) is 0 Å². The zero-order valence-corrected chi connectivity index (χ0v) is 9.69. The van der Waals surface area contributed by atoms with E-state index in [0.29, 0.717) is 19.5 Å². The molecule has 0 spiro atoms. The number of nitrogens with one attached hydrogen (secondary N) is 1. The van der Waals surface area contributed by atoms with Crippen LogP contribution in [0, 0.1) is 0 Å². The second kappa shape index (κ2) is 4.73. The summed E-state index contributed by atoms with van der Waals surface area (Å²) < 4.78 is 5.20. The summed E-state index contributed by atoms with van der Waals surface area (Å²) in [6.07, 6.45) is 0.473. The van der Waals surface area contributed by atoms with Crippen molar-refractivity contribution in [3.05, 3.63) is 28.8 Å². The van der Waals surface area contributed by atoms with E-state index < -0.39 is 12.0 Å². The van der Waals surface area contributed by atoms with Crippen LogP contribution in [0.4, 0.5) is 0 Å². The van der Waals surface area contributed by atoms with Crippen molar-refractivity contribution < 1.29 is 14.6 Å². The van der Waals surface area contributed by atoms with Gasteiger partial charge in [0.25, 0.3) is 0 Å².